The molecule has 1 N–H and O–H groups in total. The summed E-state index contributed by atoms with van der Waals surface area (Å²) < 4.78 is 13.5. The Balaban J connectivity index is 2.81. The summed E-state index contributed by atoms with van der Waals surface area (Å²) in [5, 5.41) is 2.78. The normalized spacial score (nSPS) is 12.6. The van der Waals surface area contributed by atoms with E-state index in [0.29, 0.717) is 5.92 Å². The molecule has 0 saturated carbocycles. The maximum Gasteiger partial charge on any atom is 0.254 e. The predicted octanol–water partition coefficient (Wildman–Crippen LogP) is 2.91. The van der Waals surface area contributed by atoms with Crippen molar-refractivity contribution in [3.8, 4) is 0 Å². The van der Waals surface area contributed by atoms with Crippen molar-refractivity contribution in [3.63, 3.8) is 0 Å². The van der Waals surface area contributed by atoms with Crippen molar-refractivity contribution >= 4 is 5.91 Å². The molecule has 0 radical (unpaired) electrons. The monoisotopic (exact) mass is 223 g/mol. The molecule has 1 amide bonds. The minimum atomic E-state index is -0.464. The average molecular weight is 223 g/mol. The van der Waals surface area contributed by atoms with Gasteiger partial charge < -0.3 is 5.32 Å². The highest BCUT2D eigenvalue weighted by molar-refractivity contribution is 5.94. The summed E-state index contributed by atoms with van der Waals surface area (Å²) in [6, 6.07) is 4.66. The fraction of sp³-hybridized carbons (Fsp3) is 0.462. The summed E-state index contributed by atoms with van der Waals surface area (Å²) in [5.41, 5.74) is 0.920. The Morgan fingerprint density at radius 3 is 2.44 bits per heavy atom. The van der Waals surface area contributed by atoms with Crippen LogP contribution in [0.4, 0.5) is 4.39 Å². The molecule has 0 aliphatic heterocycles. The van der Waals surface area contributed by atoms with Crippen LogP contribution in [0.1, 0.15) is 36.7 Å². The molecule has 1 aromatic rings. The van der Waals surface area contributed by atoms with E-state index in [0.717, 1.165) is 5.56 Å². The van der Waals surface area contributed by atoms with E-state index in [4.69, 9.17) is 0 Å². The Morgan fingerprint density at radius 1 is 1.31 bits per heavy atom. The second-order valence-corrected chi connectivity index (χ2v) is 4.49. The van der Waals surface area contributed by atoms with E-state index in [2.05, 4.69) is 5.32 Å². The third-order valence-electron chi connectivity index (χ3n) is 2.73. The summed E-state index contributed by atoms with van der Waals surface area (Å²) in [7, 11) is 0. The van der Waals surface area contributed by atoms with Gasteiger partial charge in [-0.25, -0.2) is 4.39 Å². The van der Waals surface area contributed by atoms with Crippen LogP contribution in [-0.4, -0.2) is 11.9 Å². The standard InChI is InChI=1S/C13H18FNO/c1-8(2)10(4)15-13(16)11-6-5-9(3)7-12(11)14/h5-8,10H,1-4H3,(H,15,16). The van der Waals surface area contributed by atoms with Crippen LogP contribution in [-0.2, 0) is 0 Å². The molecule has 0 heterocycles. The topological polar surface area (TPSA) is 29.1 Å². The molecule has 1 rings (SSSR count). The van der Waals surface area contributed by atoms with Gasteiger partial charge in [-0.05, 0) is 37.5 Å². The van der Waals surface area contributed by atoms with Gasteiger partial charge >= 0.3 is 0 Å². The van der Waals surface area contributed by atoms with Crippen molar-refractivity contribution in [1.29, 1.82) is 0 Å². The molecule has 1 atom stereocenters. The second kappa shape index (κ2) is 5.10. The van der Waals surface area contributed by atoms with Crippen LogP contribution in [0.5, 0.6) is 0 Å². The first-order chi connectivity index (χ1) is 7.41. The van der Waals surface area contributed by atoms with Gasteiger partial charge in [-0.1, -0.05) is 19.9 Å². The number of benzene rings is 1. The van der Waals surface area contributed by atoms with Crippen LogP contribution in [0.2, 0.25) is 0 Å². The van der Waals surface area contributed by atoms with E-state index in [1.807, 2.05) is 20.8 Å². The molecule has 0 bridgehead atoms. The Hall–Kier alpha value is -1.38. The SMILES string of the molecule is Cc1ccc(C(=O)NC(C)C(C)C)c(F)c1. The highest BCUT2D eigenvalue weighted by Gasteiger charge is 2.15. The summed E-state index contributed by atoms with van der Waals surface area (Å²) in [6.45, 7) is 7.73. The van der Waals surface area contributed by atoms with Crippen LogP contribution >= 0.6 is 0 Å². The number of carbonyl (C=O) groups is 1. The molecule has 0 saturated heterocycles. The van der Waals surface area contributed by atoms with E-state index in [-0.39, 0.29) is 17.5 Å². The molecule has 88 valence electrons. The maximum absolute atomic E-state index is 13.5. The van der Waals surface area contributed by atoms with Crippen LogP contribution in [0, 0.1) is 18.7 Å². The van der Waals surface area contributed by atoms with Crippen molar-refractivity contribution in [1.82, 2.24) is 5.32 Å². The molecule has 0 aliphatic rings. The van der Waals surface area contributed by atoms with E-state index in [1.54, 1.807) is 13.0 Å². The first kappa shape index (κ1) is 12.7. The predicted molar refractivity (Wildman–Crippen MR) is 62.9 cm³/mol. The number of hydrogen-bond donors (Lipinski definition) is 1. The number of nitrogens with one attached hydrogen (secondary N) is 1. The molecule has 0 aliphatic carbocycles. The van der Waals surface area contributed by atoms with Gasteiger partial charge in [-0.15, -0.1) is 0 Å². The van der Waals surface area contributed by atoms with Gasteiger partial charge in [0, 0.05) is 6.04 Å². The lowest BCUT2D eigenvalue weighted by Gasteiger charge is -2.17. The number of halogens is 1. The van der Waals surface area contributed by atoms with E-state index < -0.39 is 5.82 Å². The van der Waals surface area contributed by atoms with E-state index in [9.17, 15) is 9.18 Å². The maximum atomic E-state index is 13.5. The first-order valence-electron chi connectivity index (χ1n) is 5.49. The number of aryl methyl sites for hydroxylation is 1. The Labute approximate surface area is 95.9 Å². The third-order valence-corrected chi connectivity index (χ3v) is 2.73. The van der Waals surface area contributed by atoms with Crippen LogP contribution < -0.4 is 5.32 Å². The van der Waals surface area contributed by atoms with Gasteiger partial charge in [0.15, 0.2) is 0 Å². The highest BCUT2D eigenvalue weighted by atomic mass is 19.1. The van der Waals surface area contributed by atoms with Crippen molar-refractivity contribution in [3.05, 3.63) is 35.1 Å². The zero-order valence-electron chi connectivity index (χ0n) is 10.2. The molecule has 0 spiro atoms. The fourth-order valence-electron chi connectivity index (χ4n) is 1.26. The summed E-state index contributed by atoms with van der Waals surface area (Å²) >= 11 is 0. The van der Waals surface area contributed by atoms with Crippen molar-refractivity contribution < 1.29 is 9.18 Å². The molecule has 3 heteroatoms. The molecule has 1 aromatic carbocycles. The van der Waals surface area contributed by atoms with Crippen molar-refractivity contribution in [2.45, 2.75) is 33.7 Å². The average Bonchev–Trinajstić information content (AvgIpc) is 2.16. The summed E-state index contributed by atoms with van der Waals surface area (Å²) in [5.74, 6) is -0.482. The van der Waals surface area contributed by atoms with Gasteiger partial charge in [0.2, 0.25) is 0 Å². The minimum absolute atomic E-state index is 0.0354. The molecule has 0 fully saturated rings. The number of rotatable bonds is 3. The number of carbonyl (C=O) groups excluding carboxylic acids is 1. The Morgan fingerprint density at radius 2 is 1.94 bits per heavy atom. The summed E-state index contributed by atoms with van der Waals surface area (Å²) in [6.07, 6.45) is 0. The van der Waals surface area contributed by atoms with Crippen LogP contribution in [0.15, 0.2) is 18.2 Å². The lowest BCUT2D eigenvalue weighted by Crippen LogP contribution is -2.36. The quantitative estimate of drug-likeness (QED) is 0.838. The zero-order valence-corrected chi connectivity index (χ0v) is 10.2. The van der Waals surface area contributed by atoms with E-state index >= 15 is 0 Å². The Kier molecular flexibility index (Phi) is 4.05. The number of amides is 1. The van der Waals surface area contributed by atoms with Crippen LogP contribution in [0.3, 0.4) is 0 Å². The minimum Gasteiger partial charge on any atom is -0.349 e. The van der Waals surface area contributed by atoms with Crippen LogP contribution in [0.25, 0.3) is 0 Å². The smallest absolute Gasteiger partial charge is 0.254 e. The molecular formula is C13H18FNO. The summed E-state index contributed by atoms with van der Waals surface area (Å²) in [4.78, 5) is 11.7. The molecule has 16 heavy (non-hydrogen) atoms. The third kappa shape index (κ3) is 3.05. The van der Waals surface area contributed by atoms with E-state index in [1.165, 1.54) is 12.1 Å². The largest absolute Gasteiger partial charge is 0.349 e. The van der Waals surface area contributed by atoms with Gasteiger partial charge in [-0.3, -0.25) is 4.79 Å². The van der Waals surface area contributed by atoms with Gasteiger partial charge in [0.1, 0.15) is 5.82 Å². The molecule has 2 nitrogen and oxygen atoms in total. The Bertz CT molecular complexity index is 388. The molecular weight excluding hydrogens is 205 g/mol. The lowest BCUT2D eigenvalue weighted by molar-refractivity contribution is 0.0926. The van der Waals surface area contributed by atoms with Gasteiger partial charge in [-0.2, -0.15) is 0 Å². The highest BCUT2D eigenvalue weighted by Crippen LogP contribution is 2.10. The molecule has 0 aromatic heterocycles. The van der Waals surface area contributed by atoms with Gasteiger partial charge in [0.05, 0.1) is 5.56 Å². The number of hydrogen-bond acceptors (Lipinski definition) is 1. The zero-order chi connectivity index (χ0) is 12.3. The lowest BCUT2D eigenvalue weighted by atomic mass is 10.1. The van der Waals surface area contributed by atoms with Crippen molar-refractivity contribution in [2.75, 3.05) is 0 Å². The second-order valence-electron chi connectivity index (χ2n) is 4.49. The molecule has 1 unspecified atom stereocenters. The van der Waals surface area contributed by atoms with Crippen molar-refractivity contribution in [2.24, 2.45) is 5.92 Å². The van der Waals surface area contributed by atoms with Gasteiger partial charge in [0.25, 0.3) is 5.91 Å². The fourth-order valence-corrected chi connectivity index (χ4v) is 1.26. The first-order valence-corrected chi connectivity index (χ1v) is 5.49.